The van der Waals surface area contributed by atoms with E-state index in [9.17, 15) is 0 Å². The summed E-state index contributed by atoms with van der Waals surface area (Å²) in [7, 11) is 0. The van der Waals surface area contributed by atoms with Crippen LogP contribution in [0.5, 0.6) is 0 Å². The van der Waals surface area contributed by atoms with Crippen LogP contribution in [0.2, 0.25) is 5.02 Å². The van der Waals surface area contributed by atoms with Crippen molar-refractivity contribution >= 4 is 17.7 Å². The lowest BCUT2D eigenvalue weighted by Crippen LogP contribution is -2.18. The van der Waals surface area contributed by atoms with Crippen molar-refractivity contribution in [2.24, 2.45) is 5.92 Å². The zero-order chi connectivity index (χ0) is 12.0. The zero-order valence-electron chi connectivity index (χ0n) is 10.3. The Hall–Kier alpha value is -0.790. The Labute approximate surface area is 104 Å². The van der Waals surface area contributed by atoms with Crippen LogP contribution in [-0.2, 0) is 0 Å². The lowest BCUT2D eigenvalue weighted by Gasteiger charge is -2.12. The van der Waals surface area contributed by atoms with E-state index in [1.54, 1.807) is 0 Å². The number of nitrogens with one attached hydrogen (secondary N) is 1. The zero-order valence-corrected chi connectivity index (χ0v) is 11.0. The van der Waals surface area contributed by atoms with Gasteiger partial charge in [-0.05, 0) is 30.2 Å². The van der Waals surface area contributed by atoms with Gasteiger partial charge in [0.25, 0.3) is 0 Å². The van der Waals surface area contributed by atoms with Gasteiger partial charge in [0.05, 0.1) is 0 Å². The van der Waals surface area contributed by atoms with Gasteiger partial charge >= 0.3 is 0 Å². The van der Waals surface area contributed by atoms with Crippen molar-refractivity contribution in [3.8, 4) is 0 Å². The molecule has 0 saturated heterocycles. The summed E-state index contributed by atoms with van der Waals surface area (Å²) in [6, 6.07) is 7.97. The summed E-state index contributed by atoms with van der Waals surface area (Å²) in [5.41, 5.74) is 2.58. The van der Waals surface area contributed by atoms with Gasteiger partial charge < -0.3 is 5.32 Å². The molecule has 0 atom stereocenters. The Morgan fingerprint density at radius 2 is 2.19 bits per heavy atom. The van der Waals surface area contributed by atoms with Crippen LogP contribution in [0.4, 0.5) is 0 Å². The van der Waals surface area contributed by atoms with Crippen molar-refractivity contribution in [2.75, 3.05) is 13.1 Å². The van der Waals surface area contributed by atoms with E-state index in [4.69, 9.17) is 11.6 Å². The Morgan fingerprint density at radius 3 is 2.75 bits per heavy atom. The summed E-state index contributed by atoms with van der Waals surface area (Å²) in [5, 5.41) is 4.16. The quantitative estimate of drug-likeness (QED) is 0.817. The molecule has 0 aliphatic rings. The van der Waals surface area contributed by atoms with Gasteiger partial charge in [0, 0.05) is 11.6 Å². The van der Waals surface area contributed by atoms with Gasteiger partial charge in [0.2, 0.25) is 0 Å². The molecule has 88 valence electrons. The van der Waals surface area contributed by atoms with E-state index in [1.807, 2.05) is 18.2 Å². The first-order valence-electron chi connectivity index (χ1n) is 5.80. The molecule has 0 saturated carbocycles. The minimum Gasteiger partial charge on any atom is -0.313 e. The van der Waals surface area contributed by atoms with Crippen molar-refractivity contribution in [3.05, 3.63) is 40.4 Å². The van der Waals surface area contributed by atoms with Crippen LogP contribution in [0, 0.1) is 5.92 Å². The molecule has 1 aromatic rings. The molecule has 1 N–H and O–H groups in total. The van der Waals surface area contributed by atoms with Gasteiger partial charge in [0.1, 0.15) is 0 Å². The molecule has 16 heavy (non-hydrogen) atoms. The fourth-order valence-electron chi connectivity index (χ4n) is 1.50. The Bertz CT molecular complexity index is 356. The van der Waals surface area contributed by atoms with Gasteiger partial charge in [0.15, 0.2) is 0 Å². The molecule has 2 heteroatoms. The summed E-state index contributed by atoms with van der Waals surface area (Å²) in [5.74, 6) is 0.554. The smallest absolute Gasteiger partial charge is 0.0411 e. The van der Waals surface area contributed by atoms with Crippen LogP contribution in [0.15, 0.2) is 29.8 Å². The Balaban J connectivity index is 2.84. The van der Waals surface area contributed by atoms with Gasteiger partial charge in [-0.25, -0.2) is 0 Å². The lowest BCUT2D eigenvalue weighted by atomic mass is 10.0. The fourth-order valence-corrected chi connectivity index (χ4v) is 1.70. The Kier molecular flexibility index (Phi) is 5.58. The van der Waals surface area contributed by atoms with Crippen LogP contribution >= 0.6 is 11.6 Å². The molecule has 0 radical (unpaired) electrons. The molecular weight excluding hydrogens is 218 g/mol. The summed E-state index contributed by atoms with van der Waals surface area (Å²) < 4.78 is 0. The largest absolute Gasteiger partial charge is 0.313 e. The summed E-state index contributed by atoms with van der Waals surface area (Å²) >= 11 is 5.97. The molecular formula is C14H20ClN. The normalized spacial score (nSPS) is 12.2. The number of hydrogen-bond donors (Lipinski definition) is 1. The summed E-state index contributed by atoms with van der Waals surface area (Å²) in [6.45, 7) is 8.50. The third-order valence-electron chi connectivity index (χ3n) is 2.52. The number of halogens is 1. The van der Waals surface area contributed by atoms with Crippen molar-refractivity contribution in [3.63, 3.8) is 0 Å². The first-order chi connectivity index (χ1) is 7.63. The van der Waals surface area contributed by atoms with E-state index in [-0.39, 0.29) is 0 Å². The first kappa shape index (κ1) is 13.3. The number of rotatable bonds is 5. The van der Waals surface area contributed by atoms with Gasteiger partial charge in [-0.1, -0.05) is 56.2 Å². The van der Waals surface area contributed by atoms with Crippen molar-refractivity contribution in [2.45, 2.75) is 20.8 Å². The molecule has 0 heterocycles. The van der Waals surface area contributed by atoms with Crippen LogP contribution in [-0.4, -0.2) is 13.1 Å². The fraction of sp³-hybridized carbons (Fsp3) is 0.429. The molecule has 0 aliphatic heterocycles. The first-order valence-corrected chi connectivity index (χ1v) is 6.18. The standard InChI is InChI=1S/C14H20ClN/c1-4-16-10-13(11(2)3)8-12-6-5-7-14(15)9-12/h5-9,11,16H,4,10H2,1-3H3. The average Bonchev–Trinajstić information content (AvgIpc) is 2.24. The highest BCUT2D eigenvalue weighted by Crippen LogP contribution is 2.17. The minimum absolute atomic E-state index is 0.554. The van der Waals surface area contributed by atoms with E-state index in [0.29, 0.717) is 5.92 Å². The summed E-state index contributed by atoms with van der Waals surface area (Å²) in [6.07, 6.45) is 2.22. The van der Waals surface area contributed by atoms with Gasteiger partial charge in [-0.2, -0.15) is 0 Å². The van der Waals surface area contributed by atoms with Crippen LogP contribution in [0.1, 0.15) is 26.3 Å². The second kappa shape index (κ2) is 6.72. The van der Waals surface area contributed by atoms with E-state index < -0.39 is 0 Å². The van der Waals surface area contributed by atoms with E-state index in [2.05, 4.69) is 38.2 Å². The molecule has 0 bridgehead atoms. The molecule has 1 nitrogen and oxygen atoms in total. The number of hydrogen-bond acceptors (Lipinski definition) is 1. The molecule has 0 unspecified atom stereocenters. The van der Waals surface area contributed by atoms with Gasteiger partial charge in [-0.15, -0.1) is 0 Å². The SMILES string of the molecule is CCNCC(=Cc1cccc(Cl)c1)C(C)C. The third kappa shape index (κ3) is 4.38. The second-order valence-electron chi connectivity index (χ2n) is 4.21. The molecule has 0 amide bonds. The maximum Gasteiger partial charge on any atom is 0.0411 e. The highest BCUT2D eigenvalue weighted by atomic mass is 35.5. The molecule has 0 aliphatic carbocycles. The topological polar surface area (TPSA) is 12.0 Å². The number of benzene rings is 1. The highest BCUT2D eigenvalue weighted by molar-refractivity contribution is 6.30. The molecule has 0 fully saturated rings. The molecule has 1 rings (SSSR count). The second-order valence-corrected chi connectivity index (χ2v) is 4.65. The maximum atomic E-state index is 5.97. The lowest BCUT2D eigenvalue weighted by molar-refractivity contribution is 0.682. The van der Waals surface area contributed by atoms with E-state index in [1.165, 1.54) is 11.1 Å². The van der Waals surface area contributed by atoms with Crippen molar-refractivity contribution in [1.29, 1.82) is 0 Å². The van der Waals surface area contributed by atoms with Crippen molar-refractivity contribution < 1.29 is 0 Å². The minimum atomic E-state index is 0.554. The molecule has 0 aromatic heterocycles. The van der Waals surface area contributed by atoms with Crippen LogP contribution in [0.3, 0.4) is 0 Å². The molecule has 0 spiro atoms. The third-order valence-corrected chi connectivity index (χ3v) is 2.76. The maximum absolute atomic E-state index is 5.97. The van der Waals surface area contributed by atoms with Crippen LogP contribution < -0.4 is 5.32 Å². The monoisotopic (exact) mass is 237 g/mol. The predicted molar refractivity (Wildman–Crippen MR) is 72.8 cm³/mol. The number of likely N-dealkylation sites (N-methyl/N-ethyl adjacent to an activating group) is 1. The van der Waals surface area contributed by atoms with E-state index >= 15 is 0 Å². The molecule has 1 aromatic carbocycles. The van der Waals surface area contributed by atoms with Crippen molar-refractivity contribution in [1.82, 2.24) is 5.32 Å². The van der Waals surface area contributed by atoms with Crippen LogP contribution in [0.25, 0.3) is 6.08 Å². The Morgan fingerprint density at radius 1 is 1.44 bits per heavy atom. The highest BCUT2D eigenvalue weighted by Gasteiger charge is 2.02. The predicted octanol–water partition coefficient (Wildman–Crippen LogP) is 3.99. The average molecular weight is 238 g/mol. The van der Waals surface area contributed by atoms with Gasteiger partial charge in [-0.3, -0.25) is 0 Å². The summed E-state index contributed by atoms with van der Waals surface area (Å²) in [4.78, 5) is 0. The van der Waals surface area contributed by atoms with E-state index in [0.717, 1.165) is 18.1 Å².